The third kappa shape index (κ3) is 26.0. The molecule has 0 rings (SSSR count). The molecule has 0 aromatic carbocycles. The fraction of sp³-hybridized carbons (Fsp3) is 1.00. The summed E-state index contributed by atoms with van der Waals surface area (Å²) in [6.07, 6.45) is 2.51. The fourth-order valence-electron chi connectivity index (χ4n) is 1.03. The first-order valence-electron chi connectivity index (χ1n) is 7.16. The zero-order valence-corrected chi connectivity index (χ0v) is 16.4. The van der Waals surface area contributed by atoms with E-state index in [1.807, 2.05) is 13.8 Å². The van der Waals surface area contributed by atoms with E-state index in [1.54, 1.807) is 0 Å². The Morgan fingerprint density at radius 1 is 0.762 bits per heavy atom. The molecule has 0 amide bonds. The molecule has 0 aromatic rings. The minimum absolute atomic E-state index is 0. The van der Waals surface area contributed by atoms with Crippen LogP contribution in [0.25, 0.3) is 0 Å². The van der Waals surface area contributed by atoms with Crippen LogP contribution in [-0.2, 0) is 9.47 Å². The molecule has 0 saturated heterocycles. The van der Waals surface area contributed by atoms with Gasteiger partial charge in [-0.15, -0.1) is 0 Å². The van der Waals surface area contributed by atoms with Crippen molar-refractivity contribution in [1.82, 2.24) is 0 Å². The molecule has 0 aliphatic carbocycles. The largest absolute Gasteiger partial charge is 1.00 e. The molecule has 126 valence electrons. The first-order valence-corrected chi connectivity index (χ1v) is 7.16. The van der Waals surface area contributed by atoms with Gasteiger partial charge < -0.3 is 29.9 Å². The summed E-state index contributed by atoms with van der Waals surface area (Å²) in [4.78, 5) is 0. The second-order valence-corrected chi connectivity index (χ2v) is 3.94. The van der Waals surface area contributed by atoms with E-state index < -0.39 is 0 Å². The van der Waals surface area contributed by atoms with Crippen molar-refractivity contribution in [2.45, 2.75) is 52.2 Å². The Bertz CT molecular complexity index is 127. The van der Waals surface area contributed by atoms with E-state index in [2.05, 4.69) is 6.92 Å². The average molecular weight is 320 g/mol. The second-order valence-electron chi connectivity index (χ2n) is 3.94. The number of hydrogen-bond acceptors (Lipinski definition) is 6. The Balaban J connectivity index is -0.000000118. The summed E-state index contributed by atoms with van der Waals surface area (Å²) in [6.45, 7) is 7.36. The SMILES string of the molecule is CCCOC(CC)CO.CCCOC(CO)CO.C[O-].[Na+]. The second kappa shape index (κ2) is 28.9. The van der Waals surface area contributed by atoms with Crippen LogP contribution in [0.5, 0.6) is 0 Å². The van der Waals surface area contributed by atoms with Crippen molar-refractivity contribution in [3.63, 3.8) is 0 Å². The zero-order chi connectivity index (χ0) is 16.2. The van der Waals surface area contributed by atoms with Gasteiger partial charge in [-0.05, 0) is 19.3 Å². The Morgan fingerprint density at radius 2 is 1.10 bits per heavy atom. The van der Waals surface area contributed by atoms with E-state index in [9.17, 15) is 0 Å². The fourth-order valence-corrected chi connectivity index (χ4v) is 1.03. The van der Waals surface area contributed by atoms with Gasteiger partial charge in [-0.2, -0.15) is 7.11 Å². The minimum atomic E-state index is -0.384. The maximum absolute atomic E-state index is 8.63. The van der Waals surface area contributed by atoms with Crippen LogP contribution in [0, 0.1) is 0 Å². The standard InChI is InChI=1S/C7H16O2.C6H14O3.CH3O.Na/c1-3-5-9-7(4-2)6-8;1-2-3-9-6(4-7)5-8;1-2;/h7-8H,3-6H2,1-2H3;6-8H,2-5H2,1H3;1H3;/q;;-1;+1. The molecule has 0 bridgehead atoms. The molecule has 0 aromatic heterocycles. The predicted octanol–water partition coefficient (Wildman–Crippen LogP) is -3.07. The molecule has 1 atom stereocenters. The normalized spacial score (nSPS) is 10.7. The maximum Gasteiger partial charge on any atom is 1.00 e. The van der Waals surface area contributed by atoms with Crippen LogP contribution >= 0.6 is 0 Å². The van der Waals surface area contributed by atoms with Crippen LogP contribution < -0.4 is 34.7 Å². The van der Waals surface area contributed by atoms with Gasteiger partial charge in [0.2, 0.25) is 0 Å². The molecule has 7 heteroatoms. The van der Waals surface area contributed by atoms with E-state index in [4.69, 9.17) is 29.9 Å². The molecular formula is C14H33NaO6. The van der Waals surface area contributed by atoms with Crippen molar-refractivity contribution >= 4 is 0 Å². The van der Waals surface area contributed by atoms with Crippen LogP contribution in [0.4, 0.5) is 0 Å². The Kier molecular flexibility index (Phi) is 40.9. The number of aliphatic hydroxyl groups is 3. The van der Waals surface area contributed by atoms with Crippen LogP contribution in [0.15, 0.2) is 0 Å². The van der Waals surface area contributed by atoms with Gasteiger partial charge in [0.15, 0.2) is 0 Å². The van der Waals surface area contributed by atoms with Crippen molar-refractivity contribution in [3.05, 3.63) is 0 Å². The summed E-state index contributed by atoms with van der Waals surface area (Å²) in [6, 6.07) is 0. The minimum Gasteiger partial charge on any atom is -0.857 e. The van der Waals surface area contributed by atoms with Gasteiger partial charge in [0.1, 0.15) is 6.10 Å². The predicted molar refractivity (Wildman–Crippen MR) is 77.5 cm³/mol. The summed E-state index contributed by atoms with van der Waals surface area (Å²) >= 11 is 0. The zero-order valence-electron chi connectivity index (χ0n) is 14.4. The van der Waals surface area contributed by atoms with Gasteiger partial charge in [0.25, 0.3) is 0 Å². The van der Waals surface area contributed by atoms with E-state index in [0.29, 0.717) is 6.61 Å². The molecular weight excluding hydrogens is 287 g/mol. The first kappa shape index (κ1) is 29.7. The van der Waals surface area contributed by atoms with Crippen LogP contribution in [-0.4, -0.2) is 67.7 Å². The Morgan fingerprint density at radius 3 is 1.33 bits per heavy atom. The summed E-state index contributed by atoms with van der Waals surface area (Å²) < 4.78 is 10.2. The van der Waals surface area contributed by atoms with Gasteiger partial charge in [-0.25, -0.2) is 0 Å². The molecule has 0 radical (unpaired) electrons. The number of hydrogen-bond donors (Lipinski definition) is 3. The van der Waals surface area contributed by atoms with E-state index in [1.165, 1.54) is 0 Å². The van der Waals surface area contributed by atoms with E-state index in [-0.39, 0.29) is 61.6 Å². The molecule has 0 aliphatic heterocycles. The molecule has 0 heterocycles. The van der Waals surface area contributed by atoms with Gasteiger partial charge in [-0.3, -0.25) is 0 Å². The monoisotopic (exact) mass is 320 g/mol. The average Bonchev–Trinajstić information content (AvgIpc) is 2.52. The summed E-state index contributed by atoms with van der Waals surface area (Å²) in [5.41, 5.74) is 0. The van der Waals surface area contributed by atoms with Gasteiger partial charge in [0, 0.05) is 13.2 Å². The van der Waals surface area contributed by atoms with Crippen LogP contribution in [0.2, 0.25) is 0 Å². The van der Waals surface area contributed by atoms with Crippen molar-refractivity contribution in [2.75, 3.05) is 40.1 Å². The molecule has 3 N–H and O–H groups in total. The molecule has 0 aliphatic rings. The Hall–Kier alpha value is 0.760. The van der Waals surface area contributed by atoms with Crippen LogP contribution in [0.3, 0.4) is 0 Å². The number of rotatable bonds is 10. The molecule has 1 unspecified atom stereocenters. The van der Waals surface area contributed by atoms with E-state index >= 15 is 0 Å². The summed E-state index contributed by atoms with van der Waals surface area (Å²) in [5.74, 6) is 0. The van der Waals surface area contributed by atoms with Crippen molar-refractivity contribution < 1.29 is 59.5 Å². The van der Waals surface area contributed by atoms with Gasteiger partial charge >= 0.3 is 29.6 Å². The topological polar surface area (TPSA) is 102 Å². The van der Waals surface area contributed by atoms with Gasteiger partial charge in [-0.1, -0.05) is 20.8 Å². The van der Waals surface area contributed by atoms with Crippen molar-refractivity contribution in [3.8, 4) is 0 Å². The third-order valence-corrected chi connectivity index (χ3v) is 2.18. The van der Waals surface area contributed by atoms with E-state index in [0.717, 1.165) is 33.0 Å². The Labute approximate surface area is 151 Å². The molecule has 6 nitrogen and oxygen atoms in total. The smallest absolute Gasteiger partial charge is 0.857 e. The maximum atomic E-state index is 8.63. The van der Waals surface area contributed by atoms with Crippen molar-refractivity contribution in [2.24, 2.45) is 0 Å². The summed E-state index contributed by atoms with van der Waals surface area (Å²) in [5, 5.41) is 33.8. The van der Waals surface area contributed by atoms with Crippen molar-refractivity contribution in [1.29, 1.82) is 0 Å². The van der Waals surface area contributed by atoms with Gasteiger partial charge in [0.05, 0.1) is 25.9 Å². The molecule has 21 heavy (non-hydrogen) atoms. The number of ether oxygens (including phenoxy) is 2. The summed E-state index contributed by atoms with van der Waals surface area (Å²) in [7, 11) is 0.750. The van der Waals surface area contributed by atoms with Crippen LogP contribution in [0.1, 0.15) is 40.0 Å². The number of aliphatic hydroxyl groups excluding tert-OH is 3. The molecule has 0 saturated carbocycles. The quantitative estimate of drug-likeness (QED) is 0.369. The first-order chi connectivity index (χ1) is 9.69. The third-order valence-electron chi connectivity index (χ3n) is 2.18. The molecule has 0 fully saturated rings. The molecule has 0 spiro atoms.